The first-order chi connectivity index (χ1) is 17.0. The number of carbonyl (C=O) groups is 1. The highest BCUT2D eigenvalue weighted by molar-refractivity contribution is 9.10. The van der Waals surface area contributed by atoms with E-state index in [-0.39, 0.29) is 17.7 Å². The van der Waals surface area contributed by atoms with E-state index in [2.05, 4.69) is 63.8 Å². The third-order valence-electron chi connectivity index (χ3n) is 6.80. The van der Waals surface area contributed by atoms with Crippen molar-refractivity contribution in [1.29, 1.82) is 0 Å². The first-order valence-electron chi connectivity index (χ1n) is 11.9. The number of rotatable bonds is 5. The molecular weight excluding hydrogens is 504 g/mol. The number of Topliss-reactive ketones (excluding diaryl/α,β-unsaturated/α-hetero) is 1. The number of anilines is 2. The molecule has 3 aromatic rings. The van der Waals surface area contributed by atoms with E-state index in [0.29, 0.717) is 18.8 Å². The van der Waals surface area contributed by atoms with Crippen molar-refractivity contribution >= 4 is 33.1 Å². The summed E-state index contributed by atoms with van der Waals surface area (Å²) < 4.78 is 12.3. The Morgan fingerprint density at radius 2 is 1.74 bits per heavy atom. The Kier molecular flexibility index (Phi) is 6.56. The Morgan fingerprint density at radius 3 is 2.49 bits per heavy atom. The third kappa shape index (κ3) is 4.55. The van der Waals surface area contributed by atoms with Crippen molar-refractivity contribution in [3.8, 4) is 11.5 Å². The molecule has 0 fully saturated rings. The van der Waals surface area contributed by atoms with Gasteiger partial charge in [-0.05, 0) is 73.2 Å². The lowest BCUT2D eigenvalue weighted by Crippen LogP contribution is -2.27. The maximum absolute atomic E-state index is 13.8. The fourth-order valence-corrected chi connectivity index (χ4v) is 5.38. The number of carbonyl (C=O) groups excluding carboxylic acids is 1. The number of aryl methyl sites for hydroxylation is 1. The van der Waals surface area contributed by atoms with Crippen LogP contribution in [0.2, 0.25) is 0 Å². The average molecular weight is 533 g/mol. The van der Waals surface area contributed by atoms with Crippen LogP contribution in [0, 0.1) is 6.92 Å². The number of methoxy groups -OCH3 is 1. The molecule has 1 aliphatic heterocycles. The van der Waals surface area contributed by atoms with Gasteiger partial charge in [0, 0.05) is 22.2 Å². The number of fused-ring (bicyclic) bond motifs is 1. The molecule has 1 aliphatic carbocycles. The highest BCUT2D eigenvalue weighted by Crippen LogP contribution is 2.45. The number of ketones is 1. The number of allylic oxidation sites excluding steroid dienone is 1. The first-order valence-corrected chi connectivity index (χ1v) is 12.7. The zero-order valence-corrected chi connectivity index (χ0v) is 21.7. The van der Waals surface area contributed by atoms with Gasteiger partial charge in [-0.3, -0.25) is 4.79 Å². The summed E-state index contributed by atoms with van der Waals surface area (Å²) in [5.74, 6) is 1.61. The van der Waals surface area contributed by atoms with Crippen LogP contribution in [-0.2, 0) is 4.79 Å². The van der Waals surface area contributed by atoms with Crippen LogP contribution in [0.5, 0.6) is 11.5 Å². The maximum Gasteiger partial charge on any atom is 0.163 e. The summed E-state index contributed by atoms with van der Waals surface area (Å²) in [5.41, 5.74) is 7.04. The van der Waals surface area contributed by atoms with E-state index in [9.17, 15) is 4.79 Å². The number of hydrogen-bond donors (Lipinski definition) is 2. The molecule has 1 heterocycles. The summed E-state index contributed by atoms with van der Waals surface area (Å²) in [4.78, 5) is 13.8. The molecule has 180 valence electrons. The van der Waals surface area contributed by atoms with E-state index >= 15 is 0 Å². The minimum absolute atomic E-state index is 0.0500. The number of halogens is 1. The van der Waals surface area contributed by atoms with Crippen molar-refractivity contribution in [3.63, 3.8) is 0 Å². The van der Waals surface area contributed by atoms with Crippen molar-refractivity contribution in [3.05, 3.63) is 93.1 Å². The summed E-state index contributed by atoms with van der Waals surface area (Å²) >= 11 is 3.67. The lowest BCUT2D eigenvalue weighted by atomic mass is 9.78. The molecule has 0 saturated carbocycles. The topological polar surface area (TPSA) is 59.6 Å². The number of para-hydroxylation sites is 2. The monoisotopic (exact) mass is 532 g/mol. The molecule has 5 nitrogen and oxygen atoms in total. The lowest BCUT2D eigenvalue weighted by Gasteiger charge is -2.30. The lowest BCUT2D eigenvalue weighted by molar-refractivity contribution is -0.116. The molecule has 5 rings (SSSR count). The molecule has 2 unspecified atom stereocenters. The molecule has 2 atom stereocenters. The third-order valence-corrected chi connectivity index (χ3v) is 7.65. The Labute approximate surface area is 214 Å². The van der Waals surface area contributed by atoms with E-state index in [1.54, 1.807) is 7.11 Å². The Bertz CT molecular complexity index is 1320. The molecule has 0 spiro atoms. The van der Waals surface area contributed by atoms with Gasteiger partial charge in [-0.15, -0.1) is 0 Å². The molecule has 0 radical (unpaired) electrons. The summed E-state index contributed by atoms with van der Waals surface area (Å²) in [5, 5.41) is 7.25. The fourth-order valence-electron chi connectivity index (χ4n) is 4.98. The molecule has 0 bridgehead atoms. The van der Waals surface area contributed by atoms with Crippen molar-refractivity contribution in [2.45, 2.75) is 38.6 Å². The van der Waals surface area contributed by atoms with Crippen LogP contribution in [0.3, 0.4) is 0 Å². The minimum Gasteiger partial charge on any atom is -0.493 e. The van der Waals surface area contributed by atoms with Crippen molar-refractivity contribution < 1.29 is 14.3 Å². The molecule has 2 aliphatic rings. The zero-order valence-electron chi connectivity index (χ0n) is 20.2. The molecular formula is C29H29BrN2O3. The van der Waals surface area contributed by atoms with Gasteiger partial charge in [0.05, 0.1) is 31.1 Å². The number of hydrogen-bond acceptors (Lipinski definition) is 5. The van der Waals surface area contributed by atoms with E-state index in [4.69, 9.17) is 9.47 Å². The summed E-state index contributed by atoms with van der Waals surface area (Å²) in [7, 11) is 1.65. The molecule has 3 aromatic carbocycles. The highest BCUT2D eigenvalue weighted by Gasteiger charge is 2.36. The standard InChI is InChI=1S/C29H29BrN2O3/c1-4-35-26-12-11-18(16-27(26)34-3)20-14-24-28(25(33)15-20)29(19-10-9-17(2)21(30)13-19)32-23-8-6-5-7-22(23)31-24/h5-13,16,20,29,31-32H,4,14-15H2,1-3H3. The van der Waals surface area contributed by atoms with Crippen LogP contribution in [0.1, 0.15) is 48.4 Å². The largest absolute Gasteiger partial charge is 0.493 e. The number of benzene rings is 3. The molecule has 6 heteroatoms. The van der Waals surface area contributed by atoms with Crippen molar-refractivity contribution in [2.24, 2.45) is 0 Å². The Morgan fingerprint density at radius 1 is 0.971 bits per heavy atom. The summed E-state index contributed by atoms with van der Waals surface area (Å²) in [6.45, 7) is 4.59. The predicted octanol–water partition coefficient (Wildman–Crippen LogP) is 7.14. The second-order valence-electron chi connectivity index (χ2n) is 9.02. The van der Waals surface area contributed by atoms with Gasteiger partial charge in [0.2, 0.25) is 0 Å². The minimum atomic E-state index is -0.235. The molecule has 0 amide bonds. The van der Waals surface area contributed by atoms with Gasteiger partial charge in [0.15, 0.2) is 17.3 Å². The van der Waals surface area contributed by atoms with Gasteiger partial charge < -0.3 is 20.1 Å². The van der Waals surface area contributed by atoms with Crippen LogP contribution in [-0.4, -0.2) is 19.5 Å². The van der Waals surface area contributed by atoms with Crippen LogP contribution < -0.4 is 20.1 Å². The quantitative estimate of drug-likeness (QED) is 0.365. The maximum atomic E-state index is 13.8. The summed E-state index contributed by atoms with van der Waals surface area (Å²) in [6.07, 6.45) is 1.18. The molecule has 35 heavy (non-hydrogen) atoms. The molecule has 0 saturated heterocycles. The zero-order chi connectivity index (χ0) is 24.5. The van der Waals surface area contributed by atoms with Crippen molar-refractivity contribution in [2.75, 3.05) is 24.4 Å². The van der Waals surface area contributed by atoms with Crippen LogP contribution >= 0.6 is 15.9 Å². The second-order valence-corrected chi connectivity index (χ2v) is 9.87. The van der Waals surface area contributed by atoms with Crippen LogP contribution in [0.15, 0.2) is 76.4 Å². The highest BCUT2D eigenvalue weighted by atomic mass is 79.9. The van der Waals surface area contributed by atoms with Gasteiger partial charge in [0.25, 0.3) is 0 Å². The normalized spacial score (nSPS) is 19.1. The van der Waals surface area contributed by atoms with Gasteiger partial charge in [-0.25, -0.2) is 0 Å². The summed E-state index contributed by atoms with van der Waals surface area (Å²) in [6, 6.07) is 20.2. The fraction of sp³-hybridized carbons (Fsp3) is 0.276. The van der Waals surface area contributed by atoms with Gasteiger partial charge in [-0.1, -0.05) is 46.3 Å². The molecule has 0 aromatic heterocycles. The van der Waals surface area contributed by atoms with E-state index in [0.717, 1.165) is 56.0 Å². The van der Waals surface area contributed by atoms with E-state index in [1.807, 2.05) is 37.3 Å². The molecule has 2 N–H and O–H groups in total. The SMILES string of the molecule is CCOc1ccc(C2CC(=O)C3=C(C2)Nc2ccccc2NC3c2ccc(C)c(Br)c2)cc1OC. The van der Waals surface area contributed by atoms with Crippen LogP contribution in [0.25, 0.3) is 0 Å². The van der Waals surface area contributed by atoms with Gasteiger partial charge >= 0.3 is 0 Å². The first kappa shape index (κ1) is 23.5. The average Bonchev–Trinajstić information content (AvgIpc) is 3.03. The van der Waals surface area contributed by atoms with E-state index in [1.165, 1.54) is 0 Å². The second kappa shape index (κ2) is 9.78. The van der Waals surface area contributed by atoms with Gasteiger partial charge in [0.1, 0.15) is 0 Å². The predicted molar refractivity (Wildman–Crippen MR) is 143 cm³/mol. The Balaban J connectivity index is 1.57. The van der Waals surface area contributed by atoms with Crippen LogP contribution in [0.4, 0.5) is 11.4 Å². The van der Waals surface area contributed by atoms with Crippen molar-refractivity contribution in [1.82, 2.24) is 0 Å². The smallest absolute Gasteiger partial charge is 0.163 e. The Hall–Kier alpha value is -3.25. The van der Waals surface area contributed by atoms with E-state index < -0.39 is 0 Å². The number of ether oxygens (including phenoxy) is 2. The van der Waals surface area contributed by atoms with Gasteiger partial charge in [-0.2, -0.15) is 0 Å². The number of nitrogens with one attached hydrogen (secondary N) is 2.